The van der Waals surface area contributed by atoms with Crippen molar-refractivity contribution in [3.63, 3.8) is 0 Å². The number of aromatic nitrogens is 2. The molecule has 1 amide bonds. The zero-order chi connectivity index (χ0) is 13.0. The van der Waals surface area contributed by atoms with Gasteiger partial charge in [0, 0.05) is 0 Å². The first-order valence-corrected chi connectivity index (χ1v) is 6.23. The van der Waals surface area contributed by atoms with E-state index in [1.807, 2.05) is 6.92 Å². The average Bonchev–Trinajstić information content (AvgIpc) is 3.04. The molecule has 0 aliphatic carbocycles. The normalized spacial score (nSPS) is 20.9. The van der Waals surface area contributed by atoms with Crippen molar-refractivity contribution in [2.24, 2.45) is 0 Å². The second kappa shape index (κ2) is 5.92. The largest absolute Gasteiger partial charge is 0.394 e. The number of aliphatic hydroxyl groups is 1. The number of nitrogens with zero attached hydrogens (tertiary/aromatic N) is 2. The van der Waals surface area contributed by atoms with E-state index in [4.69, 9.17) is 9.63 Å². The second-order valence-electron chi connectivity index (χ2n) is 4.37. The van der Waals surface area contributed by atoms with Crippen molar-refractivity contribution in [1.82, 2.24) is 20.8 Å². The van der Waals surface area contributed by atoms with Crippen LogP contribution in [0.4, 0.5) is 0 Å². The molecule has 0 saturated carbocycles. The lowest BCUT2D eigenvalue weighted by molar-refractivity contribution is 0.0901. The maximum absolute atomic E-state index is 11.8. The van der Waals surface area contributed by atoms with Crippen molar-refractivity contribution in [3.05, 3.63) is 11.7 Å². The molecule has 0 radical (unpaired) electrons. The highest BCUT2D eigenvalue weighted by Gasteiger charge is 2.24. The van der Waals surface area contributed by atoms with Crippen molar-refractivity contribution in [1.29, 1.82) is 0 Å². The van der Waals surface area contributed by atoms with E-state index in [1.54, 1.807) is 0 Å². The van der Waals surface area contributed by atoms with Gasteiger partial charge in [-0.1, -0.05) is 12.1 Å². The fourth-order valence-corrected chi connectivity index (χ4v) is 1.89. The van der Waals surface area contributed by atoms with Gasteiger partial charge >= 0.3 is 0 Å². The Kier molecular flexibility index (Phi) is 4.27. The first-order valence-electron chi connectivity index (χ1n) is 6.23. The molecule has 2 heterocycles. The number of carbonyl (C=O) groups excluding carboxylic acids is 1. The van der Waals surface area contributed by atoms with E-state index in [-0.39, 0.29) is 24.5 Å². The lowest BCUT2D eigenvalue weighted by Crippen LogP contribution is -2.37. The minimum Gasteiger partial charge on any atom is -0.394 e. The van der Waals surface area contributed by atoms with Crippen LogP contribution in [0, 0.1) is 0 Å². The van der Waals surface area contributed by atoms with E-state index in [0.29, 0.717) is 12.3 Å². The van der Waals surface area contributed by atoms with Gasteiger partial charge in [0.15, 0.2) is 0 Å². The van der Waals surface area contributed by atoms with Crippen molar-refractivity contribution < 1.29 is 14.4 Å². The van der Waals surface area contributed by atoms with Gasteiger partial charge in [-0.15, -0.1) is 0 Å². The molecule has 100 valence electrons. The van der Waals surface area contributed by atoms with Gasteiger partial charge in [0.2, 0.25) is 5.89 Å². The zero-order valence-corrected chi connectivity index (χ0v) is 10.3. The van der Waals surface area contributed by atoms with Crippen LogP contribution >= 0.6 is 0 Å². The summed E-state index contributed by atoms with van der Waals surface area (Å²) in [5.41, 5.74) is 0. The number of aliphatic hydroxyl groups excluding tert-OH is 1. The van der Waals surface area contributed by atoms with Crippen LogP contribution in [0.5, 0.6) is 0 Å². The van der Waals surface area contributed by atoms with Crippen LogP contribution < -0.4 is 10.6 Å². The molecule has 7 nitrogen and oxygen atoms in total. The van der Waals surface area contributed by atoms with Gasteiger partial charge in [0.1, 0.15) is 0 Å². The Labute approximate surface area is 105 Å². The van der Waals surface area contributed by atoms with Crippen LogP contribution in [0.3, 0.4) is 0 Å². The summed E-state index contributed by atoms with van der Waals surface area (Å²) in [4.78, 5) is 15.9. The van der Waals surface area contributed by atoms with Crippen molar-refractivity contribution in [2.75, 3.05) is 13.2 Å². The molecule has 1 fully saturated rings. The number of nitrogens with one attached hydrogen (secondary N) is 2. The number of carbonyl (C=O) groups is 1. The molecule has 2 atom stereocenters. The molecular weight excluding hydrogens is 236 g/mol. The Hall–Kier alpha value is -1.47. The molecule has 2 rings (SSSR count). The molecule has 0 spiro atoms. The highest BCUT2D eigenvalue weighted by molar-refractivity contribution is 5.90. The Morgan fingerprint density at radius 1 is 1.72 bits per heavy atom. The van der Waals surface area contributed by atoms with E-state index >= 15 is 0 Å². The van der Waals surface area contributed by atoms with Gasteiger partial charge in [0.05, 0.1) is 18.7 Å². The van der Waals surface area contributed by atoms with Crippen LogP contribution in [0.25, 0.3) is 0 Å². The summed E-state index contributed by atoms with van der Waals surface area (Å²) in [7, 11) is 0. The smallest absolute Gasteiger partial charge is 0.292 e. The van der Waals surface area contributed by atoms with Crippen LogP contribution in [0.15, 0.2) is 4.52 Å². The summed E-state index contributed by atoms with van der Waals surface area (Å²) in [6, 6.07) is -0.220. The van der Waals surface area contributed by atoms with Crippen LogP contribution in [-0.2, 0) is 0 Å². The van der Waals surface area contributed by atoms with Gasteiger partial charge in [-0.3, -0.25) is 4.79 Å². The van der Waals surface area contributed by atoms with Gasteiger partial charge in [0.25, 0.3) is 11.7 Å². The van der Waals surface area contributed by atoms with Crippen molar-refractivity contribution in [3.8, 4) is 0 Å². The minimum absolute atomic E-state index is 0.0191. The van der Waals surface area contributed by atoms with E-state index in [2.05, 4.69) is 20.8 Å². The quantitative estimate of drug-likeness (QED) is 0.683. The topological polar surface area (TPSA) is 100 Å². The van der Waals surface area contributed by atoms with Crippen LogP contribution in [0.1, 0.15) is 48.7 Å². The fourth-order valence-electron chi connectivity index (χ4n) is 1.89. The molecule has 1 unspecified atom stereocenters. The SMILES string of the molecule is CC[C@H](CO)NC(=O)c1noc(C2CCCN2)n1. The molecular formula is C11H18N4O3. The number of hydrogen-bond acceptors (Lipinski definition) is 6. The average molecular weight is 254 g/mol. The summed E-state index contributed by atoms with van der Waals surface area (Å²) in [5, 5.41) is 18.5. The van der Waals surface area contributed by atoms with Crippen molar-refractivity contribution in [2.45, 2.75) is 38.3 Å². The third-order valence-corrected chi connectivity index (χ3v) is 3.05. The first kappa shape index (κ1) is 13.0. The Morgan fingerprint density at radius 3 is 3.17 bits per heavy atom. The lowest BCUT2D eigenvalue weighted by atomic mass is 10.2. The summed E-state index contributed by atoms with van der Waals surface area (Å²) >= 11 is 0. The highest BCUT2D eigenvalue weighted by Crippen LogP contribution is 2.20. The lowest BCUT2D eigenvalue weighted by Gasteiger charge is -2.11. The molecule has 0 bridgehead atoms. The molecule has 1 aliphatic heterocycles. The first-order chi connectivity index (χ1) is 8.74. The van der Waals surface area contributed by atoms with Crippen LogP contribution in [0.2, 0.25) is 0 Å². The second-order valence-corrected chi connectivity index (χ2v) is 4.37. The monoisotopic (exact) mass is 254 g/mol. The predicted molar refractivity (Wildman–Crippen MR) is 62.9 cm³/mol. The van der Waals surface area contributed by atoms with Gasteiger partial charge in [-0.05, 0) is 25.8 Å². The Balaban J connectivity index is 1.98. The molecule has 1 aliphatic rings. The molecule has 3 N–H and O–H groups in total. The summed E-state index contributed by atoms with van der Waals surface area (Å²) in [6.07, 6.45) is 2.66. The fraction of sp³-hybridized carbons (Fsp3) is 0.727. The van der Waals surface area contributed by atoms with E-state index in [1.165, 1.54) is 0 Å². The Morgan fingerprint density at radius 2 is 2.56 bits per heavy atom. The summed E-state index contributed by atoms with van der Waals surface area (Å²) in [5.74, 6) is 0.0594. The van der Waals surface area contributed by atoms with Gasteiger partial charge < -0.3 is 20.3 Å². The number of amides is 1. The minimum atomic E-state index is -0.413. The number of rotatable bonds is 5. The maximum atomic E-state index is 11.8. The predicted octanol–water partition coefficient (Wildman–Crippen LogP) is -0.00520. The van der Waals surface area contributed by atoms with E-state index in [0.717, 1.165) is 19.4 Å². The van der Waals surface area contributed by atoms with Gasteiger partial charge in [-0.2, -0.15) is 4.98 Å². The third-order valence-electron chi connectivity index (χ3n) is 3.05. The van der Waals surface area contributed by atoms with E-state index < -0.39 is 5.91 Å². The number of hydrogen-bond donors (Lipinski definition) is 3. The zero-order valence-electron chi connectivity index (χ0n) is 10.3. The molecule has 0 aromatic carbocycles. The van der Waals surface area contributed by atoms with Crippen molar-refractivity contribution >= 4 is 5.91 Å². The molecule has 1 saturated heterocycles. The summed E-state index contributed by atoms with van der Waals surface area (Å²) < 4.78 is 5.07. The third kappa shape index (κ3) is 2.85. The van der Waals surface area contributed by atoms with E-state index in [9.17, 15) is 4.79 Å². The molecule has 7 heteroatoms. The van der Waals surface area contributed by atoms with Gasteiger partial charge in [-0.25, -0.2) is 0 Å². The summed E-state index contributed by atoms with van der Waals surface area (Å²) in [6.45, 7) is 2.71. The maximum Gasteiger partial charge on any atom is 0.292 e. The molecule has 1 aromatic rings. The molecule has 1 aromatic heterocycles. The molecule has 18 heavy (non-hydrogen) atoms. The Bertz CT molecular complexity index is 397. The highest BCUT2D eigenvalue weighted by atomic mass is 16.5. The van der Waals surface area contributed by atoms with Crippen LogP contribution in [-0.4, -0.2) is 40.3 Å². The standard InChI is InChI=1S/C11H18N4O3/c1-2-7(6-16)13-10(17)9-14-11(18-15-9)8-4-3-5-12-8/h7-8,12,16H,2-6H2,1H3,(H,13,17)/t7-,8?/m1/s1.